The van der Waals surface area contributed by atoms with Crippen molar-refractivity contribution < 1.29 is 0 Å². The molecule has 1 heterocycles. The van der Waals surface area contributed by atoms with Crippen LogP contribution < -0.4 is 0 Å². The van der Waals surface area contributed by atoms with Crippen LogP contribution in [-0.2, 0) is 0 Å². The van der Waals surface area contributed by atoms with Crippen LogP contribution in [0, 0.1) is 12.8 Å². The normalized spacial score (nSPS) is 12.2. The Bertz CT molecular complexity index is 319. The second-order valence-corrected chi connectivity index (χ2v) is 3.39. The highest BCUT2D eigenvalue weighted by molar-refractivity contribution is 5.66. The number of allylic oxidation sites excluding steroid dienone is 3. The lowest BCUT2D eigenvalue weighted by Crippen LogP contribution is -1.95. The second kappa shape index (κ2) is 4.08. The average molecular weight is 176 g/mol. The van der Waals surface area contributed by atoms with Gasteiger partial charge in [-0.05, 0) is 18.4 Å². The molecule has 0 atom stereocenters. The van der Waals surface area contributed by atoms with Gasteiger partial charge in [0.25, 0.3) is 0 Å². The predicted octanol–water partition coefficient (Wildman–Crippen LogP) is 2.94. The van der Waals surface area contributed by atoms with E-state index in [-0.39, 0.29) is 0 Å². The Morgan fingerprint density at radius 3 is 2.69 bits per heavy atom. The second-order valence-electron chi connectivity index (χ2n) is 3.39. The Morgan fingerprint density at radius 1 is 1.62 bits per heavy atom. The lowest BCUT2D eigenvalue weighted by molar-refractivity contribution is 0.848. The highest BCUT2D eigenvalue weighted by Crippen LogP contribution is 2.23. The predicted molar refractivity (Wildman–Crippen MR) is 56.3 cm³/mol. The van der Waals surface area contributed by atoms with Crippen molar-refractivity contribution in [3.8, 4) is 0 Å². The van der Waals surface area contributed by atoms with E-state index in [1.807, 2.05) is 19.1 Å². The number of aromatic amines is 1. The van der Waals surface area contributed by atoms with E-state index in [0.717, 1.165) is 11.4 Å². The zero-order valence-corrected chi connectivity index (χ0v) is 8.46. The lowest BCUT2D eigenvalue weighted by Gasteiger charge is -2.08. The lowest BCUT2D eigenvalue weighted by atomic mass is 9.98. The molecule has 2 heteroatoms. The fraction of sp³-hybridized carbons (Fsp3) is 0.364. The number of hydrogen-bond acceptors (Lipinski definition) is 1. The number of rotatable bonds is 3. The van der Waals surface area contributed by atoms with Gasteiger partial charge in [0, 0.05) is 5.69 Å². The van der Waals surface area contributed by atoms with Crippen molar-refractivity contribution in [2.45, 2.75) is 20.8 Å². The van der Waals surface area contributed by atoms with E-state index in [4.69, 9.17) is 0 Å². The molecule has 0 unspecified atom stereocenters. The Balaban J connectivity index is 3.09. The molecule has 0 spiro atoms. The van der Waals surface area contributed by atoms with Crippen LogP contribution in [0.2, 0.25) is 0 Å². The molecule has 1 aromatic heterocycles. The summed E-state index contributed by atoms with van der Waals surface area (Å²) >= 11 is 0. The van der Waals surface area contributed by atoms with Gasteiger partial charge in [0.05, 0.1) is 12.0 Å². The van der Waals surface area contributed by atoms with Gasteiger partial charge in [0.2, 0.25) is 0 Å². The number of aromatic nitrogens is 2. The third-order valence-electron chi connectivity index (χ3n) is 2.02. The SMILES string of the molecule is C=C/C=C(\c1nc[nH]c1C)C(C)C. The molecule has 1 aromatic rings. The van der Waals surface area contributed by atoms with Crippen molar-refractivity contribution >= 4 is 5.57 Å². The molecule has 0 bridgehead atoms. The molecule has 0 fully saturated rings. The molecule has 0 saturated carbocycles. The zero-order valence-electron chi connectivity index (χ0n) is 8.46. The monoisotopic (exact) mass is 176 g/mol. The van der Waals surface area contributed by atoms with E-state index in [9.17, 15) is 0 Å². The van der Waals surface area contributed by atoms with Crippen LogP contribution in [0.5, 0.6) is 0 Å². The number of nitrogens with zero attached hydrogens (tertiary/aromatic N) is 1. The largest absolute Gasteiger partial charge is 0.348 e. The molecule has 2 nitrogen and oxygen atoms in total. The summed E-state index contributed by atoms with van der Waals surface area (Å²) in [4.78, 5) is 7.36. The number of imidazole rings is 1. The van der Waals surface area contributed by atoms with Gasteiger partial charge in [-0.15, -0.1) is 0 Å². The third-order valence-corrected chi connectivity index (χ3v) is 2.02. The Hall–Kier alpha value is -1.31. The van der Waals surface area contributed by atoms with Crippen LogP contribution in [0.3, 0.4) is 0 Å². The van der Waals surface area contributed by atoms with Crippen LogP contribution in [0.4, 0.5) is 0 Å². The number of nitrogens with one attached hydrogen (secondary N) is 1. The Morgan fingerprint density at radius 2 is 2.31 bits per heavy atom. The summed E-state index contributed by atoms with van der Waals surface area (Å²) in [5.74, 6) is 0.472. The first-order chi connectivity index (χ1) is 6.16. The molecule has 0 radical (unpaired) electrons. The topological polar surface area (TPSA) is 28.7 Å². The third kappa shape index (κ3) is 2.08. The van der Waals surface area contributed by atoms with Gasteiger partial charge in [0.15, 0.2) is 0 Å². The van der Waals surface area contributed by atoms with Crippen molar-refractivity contribution in [1.29, 1.82) is 0 Å². The molecule has 13 heavy (non-hydrogen) atoms. The van der Waals surface area contributed by atoms with Crippen LogP contribution in [0.1, 0.15) is 25.2 Å². The Labute approximate surface area is 79.4 Å². The molecular weight excluding hydrogens is 160 g/mol. The van der Waals surface area contributed by atoms with Gasteiger partial charge >= 0.3 is 0 Å². The first-order valence-corrected chi connectivity index (χ1v) is 4.49. The summed E-state index contributed by atoms with van der Waals surface area (Å²) in [6.07, 6.45) is 5.56. The summed E-state index contributed by atoms with van der Waals surface area (Å²) < 4.78 is 0. The highest BCUT2D eigenvalue weighted by atomic mass is 14.9. The molecular formula is C11H16N2. The van der Waals surface area contributed by atoms with Crippen LogP contribution in [0.25, 0.3) is 5.57 Å². The van der Waals surface area contributed by atoms with Gasteiger partial charge in [-0.25, -0.2) is 4.98 Å². The number of aryl methyl sites for hydroxylation is 1. The first kappa shape index (κ1) is 9.78. The first-order valence-electron chi connectivity index (χ1n) is 4.49. The van der Waals surface area contributed by atoms with Crippen LogP contribution in [-0.4, -0.2) is 9.97 Å². The fourth-order valence-corrected chi connectivity index (χ4v) is 1.32. The van der Waals surface area contributed by atoms with E-state index in [1.54, 1.807) is 6.33 Å². The highest BCUT2D eigenvalue weighted by Gasteiger charge is 2.10. The van der Waals surface area contributed by atoms with E-state index < -0.39 is 0 Å². The minimum atomic E-state index is 0.472. The molecule has 0 aliphatic heterocycles. The molecule has 1 rings (SSSR count). The molecule has 0 amide bonds. The maximum Gasteiger partial charge on any atom is 0.0929 e. The average Bonchev–Trinajstić information content (AvgIpc) is 2.47. The standard InChI is InChI=1S/C11H16N2/c1-5-6-10(8(2)3)11-9(4)12-7-13-11/h5-8H,1H2,2-4H3,(H,12,13)/b10-6-. The van der Waals surface area contributed by atoms with Crippen LogP contribution >= 0.6 is 0 Å². The molecule has 1 N–H and O–H groups in total. The van der Waals surface area contributed by atoms with Crippen molar-refractivity contribution in [1.82, 2.24) is 9.97 Å². The molecule has 0 saturated heterocycles. The fourth-order valence-electron chi connectivity index (χ4n) is 1.32. The zero-order chi connectivity index (χ0) is 9.84. The summed E-state index contributed by atoms with van der Waals surface area (Å²) in [6.45, 7) is 10.0. The van der Waals surface area contributed by atoms with Gasteiger partial charge in [-0.2, -0.15) is 0 Å². The maximum atomic E-state index is 4.28. The van der Waals surface area contributed by atoms with Gasteiger partial charge in [-0.1, -0.05) is 32.6 Å². The van der Waals surface area contributed by atoms with Crippen molar-refractivity contribution in [3.05, 3.63) is 36.4 Å². The molecule has 0 aliphatic rings. The Kier molecular flexibility index (Phi) is 3.07. The van der Waals surface area contributed by atoms with E-state index in [1.165, 1.54) is 5.57 Å². The van der Waals surface area contributed by atoms with Gasteiger partial charge in [0.1, 0.15) is 0 Å². The smallest absolute Gasteiger partial charge is 0.0929 e. The van der Waals surface area contributed by atoms with Gasteiger partial charge in [-0.3, -0.25) is 0 Å². The van der Waals surface area contributed by atoms with Crippen LogP contribution in [0.15, 0.2) is 25.1 Å². The van der Waals surface area contributed by atoms with Gasteiger partial charge < -0.3 is 4.98 Å². The minimum absolute atomic E-state index is 0.472. The number of H-pyrrole nitrogens is 1. The quantitative estimate of drug-likeness (QED) is 0.705. The molecule has 0 aliphatic carbocycles. The summed E-state index contributed by atoms with van der Waals surface area (Å²) in [6, 6.07) is 0. The summed E-state index contributed by atoms with van der Waals surface area (Å²) in [7, 11) is 0. The van der Waals surface area contributed by atoms with E-state index >= 15 is 0 Å². The van der Waals surface area contributed by atoms with E-state index in [0.29, 0.717) is 5.92 Å². The molecule has 0 aromatic carbocycles. The molecule has 70 valence electrons. The van der Waals surface area contributed by atoms with Crippen molar-refractivity contribution in [2.75, 3.05) is 0 Å². The van der Waals surface area contributed by atoms with E-state index in [2.05, 4.69) is 30.4 Å². The minimum Gasteiger partial charge on any atom is -0.348 e. The van der Waals surface area contributed by atoms with Crippen molar-refractivity contribution in [3.63, 3.8) is 0 Å². The number of hydrogen-bond donors (Lipinski definition) is 1. The van der Waals surface area contributed by atoms with Crippen molar-refractivity contribution in [2.24, 2.45) is 5.92 Å². The summed E-state index contributed by atoms with van der Waals surface area (Å²) in [5, 5.41) is 0. The summed E-state index contributed by atoms with van der Waals surface area (Å²) in [5.41, 5.74) is 3.39. The maximum absolute atomic E-state index is 4.28.